The van der Waals surface area contributed by atoms with Crippen molar-refractivity contribution >= 4 is 29.5 Å². The van der Waals surface area contributed by atoms with Crippen LogP contribution in [0, 0.1) is 17.2 Å². The number of nitrogens with zero attached hydrogens (tertiary/aromatic N) is 2. The highest BCUT2D eigenvalue weighted by molar-refractivity contribution is 6.31. The van der Waals surface area contributed by atoms with Gasteiger partial charge >= 0.3 is 0 Å². The molecule has 0 radical (unpaired) electrons. The number of carbonyl (C=O) groups excluding carboxylic acids is 2. The second-order valence-electron chi connectivity index (χ2n) is 9.96. The summed E-state index contributed by atoms with van der Waals surface area (Å²) in [5, 5.41) is 12.8. The Bertz CT molecular complexity index is 1120. The molecule has 0 aromatic heterocycles. The van der Waals surface area contributed by atoms with Crippen LogP contribution < -0.4 is 15.0 Å². The molecule has 5 rings (SSSR count). The van der Waals surface area contributed by atoms with Gasteiger partial charge in [-0.05, 0) is 74.9 Å². The Balaban J connectivity index is 1.21. The number of benzene rings is 2. The molecule has 2 aliphatic carbocycles. The molecular weight excluding hydrogens is 450 g/mol. The summed E-state index contributed by atoms with van der Waals surface area (Å²) in [6.45, 7) is 1.73. The first-order chi connectivity index (χ1) is 16.4. The van der Waals surface area contributed by atoms with Crippen molar-refractivity contribution in [3.05, 3.63) is 58.6 Å². The summed E-state index contributed by atoms with van der Waals surface area (Å²) in [4.78, 5) is 26.3. The van der Waals surface area contributed by atoms with E-state index in [1.54, 1.807) is 18.2 Å². The fraction of sp³-hybridized carbons (Fsp3) is 0.444. The first kappa shape index (κ1) is 22.7. The van der Waals surface area contributed by atoms with E-state index in [1.807, 2.05) is 24.3 Å². The van der Waals surface area contributed by atoms with Crippen molar-refractivity contribution < 1.29 is 14.3 Å². The van der Waals surface area contributed by atoms with Crippen molar-refractivity contribution in [1.82, 2.24) is 5.32 Å². The Morgan fingerprint density at radius 1 is 1.12 bits per heavy atom. The normalized spacial score (nSPS) is 26.2. The number of hydrogen-bond donors (Lipinski definition) is 1. The van der Waals surface area contributed by atoms with Gasteiger partial charge in [0.05, 0.1) is 10.6 Å². The van der Waals surface area contributed by atoms with E-state index in [4.69, 9.17) is 21.6 Å². The van der Waals surface area contributed by atoms with Crippen LogP contribution in [0.1, 0.15) is 60.9 Å². The number of nitrogens with one attached hydrogen (secondary N) is 1. The summed E-state index contributed by atoms with van der Waals surface area (Å²) >= 11 is 6.18. The van der Waals surface area contributed by atoms with Crippen LogP contribution in [-0.2, 0) is 4.79 Å². The SMILES string of the molecule is N#Cc1ccc(OC23CCC(NC(=O)c4ccc(N5CCC(C=O)CC5)cc4)(CC2)C3)cc1Cl. The van der Waals surface area contributed by atoms with E-state index in [2.05, 4.69) is 16.3 Å². The predicted octanol–water partition coefficient (Wildman–Crippen LogP) is 4.89. The number of carbonyl (C=O) groups is 2. The molecule has 7 heteroatoms. The van der Waals surface area contributed by atoms with Gasteiger partial charge in [0.2, 0.25) is 0 Å². The van der Waals surface area contributed by atoms with Gasteiger partial charge in [-0.25, -0.2) is 0 Å². The van der Waals surface area contributed by atoms with E-state index in [0.29, 0.717) is 21.9 Å². The van der Waals surface area contributed by atoms with Crippen LogP contribution in [0.5, 0.6) is 5.75 Å². The highest BCUT2D eigenvalue weighted by Gasteiger charge is 2.56. The molecule has 3 aliphatic rings. The summed E-state index contributed by atoms with van der Waals surface area (Å²) in [6, 6.07) is 15.0. The number of amides is 1. The lowest BCUT2D eigenvalue weighted by molar-refractivity contribution is -0.111. The average Bonchev–Trinajstić information content (AvgIpc) is 3.39. The maximum Gasteiger partial charge on any atom is 0.251 e. The van der Waals surface area contributed by atoms with Gasteiger partial charge in [-0.3, -0.25) is 4.79 Å². The molecule has 0 atom stereocenters. The molecule has 2 saturated carbocycles. The van der Waals surface area contributed by atoms with E-state index in [1.165, 1.54) is 0 Å². The molecular formula is C27H28ClN3O3. The number of hydrogen-bond acceptors (Lipinski definition) is 5. The molecule has 1 aliphatic heterocycles. The Hall–Kier alpha value is -3.04. The molecule has 0 spiro atoms. The number of halogens is 1. The minimum Gasteiger partial charge on any atom is -0.487 e. The summed E-state index contributed by atoms with van der Waals surface area (Å²) < 4.78 is 6.37. The largest absolute Gasteiger partial charge is 0.487 e. The summed E-state index contributed by atoms with van der Waals surface area (Å²) in [5.74, 6) is 0.787. The monoisotopic (exact) mass is 477 g/mol. The Labute approximate surface area is 204 Å². The molecule has 6 nitrogen and oxygen atoms in total. The zero-order chi connectivity index (χ0) is 23.8. The molecule has 34 heavy (non-hydrogen) atoms. The third-order valence-corrected chi connectivity index (χ3v) is 8.09. The minimum absolute atomic E-state index is 0.0506. The van der Waals surface area contributed by atoms with Crippen LogP contribution in [-0.4, -0.2) is 36.4 Å². The van der Waals surface area contributed by atoms with Crippen molar-refractivity contribution in [2.75, 3.05) is 18.0 Å². The Kier molecular flexibility index (Phi) is 5.99. The highest BCUT2D eigenvalue weighted by Crippen LogP contribution is 2.53. The average molecular weight is 478 g/mol. The van der Waals surface area contributed by atoms with E-state index < -0.39 is 0 Å². The maximum atomic E-state index is 13.1. The number of fused-ring (bicyclic) bond motifs is 2. The molecule has 1 N–H and O–H groups in total. The molecule has 0 unspecified atom stereocenters. The number of piperidine rings is 1. The van der Waals surface area contributed by atoms with E-state index in [-0.39, 0.29) is 23.0 Å². The van der Waals surface area contributed by atoms with E-state index in [0.717, 1.165) is 70.0 Å². The summed E-state index contributed by atoms with van der Waals surface area (Å²) in [7, 11) is 0. The van der Waals surface area contributed by atoms with Crippen molar-refractivity contribution in [3.63, 3.8) is 0 Å². The zero-order valence-electron chi connectivity index (χ0n) is 19.1. The summed E-state index contributed by atoms with van der Waals surface area (Å²) in [6.07, 6.45) is 7.11. The van der Waals surface area contributed by atoms with Crippen molar-refractivity contribution in [2.45, 2.75) is 56.1 Å². The van der Waals surface area contributed by atoms with Gasteiger partial charge in [0.25, 0.3) is 5.91 Å². The van der Waals surface area contributed by atoms with Gasteiger partial charge in [0.1, 0.15) is 23.7 Å². The first-order valence-electron chi connectivity index (χ1n) is 11.9. The number of ether oxygens (including phenoxy) is 1. The number of nitriles is 1. The smallest absolute Gasteiger partial charge is 0.251 e. The van der Waals surface area contributed by atoms with Crippen molar-refractivity contribution in [1.29, 1.82) is 5.26 Å². The lowest BCUT2D eigenvalue weighted by atomic mass is 9.92. The first-order valence-corrected chi connectivity index (χ1v) is 12.3. The Morgan fingerprint density at radius 2 is 1.82 bits per heavy atom. The van der Waals surface area contributed by atoms with Gasteiger partial charge in [-0.2, -0.15) is 5.26 Å². The predicted molar refractivity (Wildman–Crippen MR) is 130 cm³/mol. The minimum atomic E-state index is -0.303. The van der Waals surface area contributed by atoms with Crippen LogP contribution in [0.15, 0.2) is 42.5 Å². The van der Waals surface area contributed by atoms with Crippen LogP contribution in [0.2, 0.25) is 5.02 Å². The molecule has 1 amide bonds. The third-order valence-electron chi connectivity index (χ3n) is 7.78. The number of aldehydes is 1. The molecule has 2 aromatic carbocycles. The molecule has 176 valence electrons. The summed E-state index contributed by atoms with van der Waals surface area (Å²) in [5.41, 5.74) is 1.63. The topological polar surface area (TPSA) is 82.4 Å². The Morgan fingerprint density at radius 3 is 2.44 bits per heavy atom. The van der Waals surface area contributed by atoms with E-state index >= 15 is 0 Å². The van der Waals surface area contributed by atoms with Gasteiger partial charge in [-0.15, -0.1) is 0 Å². The van der Waals surface area contributed by atoms with Crippen molar-refractivity contribution in [2.24, 2.45) is 5.92 Å². The second kappa shape index (κ2) is 8.96. The highest BCUT2D eigenvalue weighted by atomic mass is 35.5. The number of anilines is 1. The van der Waals surface area contributed by atoms with Gasteiger partial charge in [0.15, 0.2) is 0 Å². The lowest BCUT2D eigenvalue weighted by Gasteiger charge is -2.31. The van der Waals surface area contributed by atoms with E-state index in [9.17, 15) is 9.59 Å². The molecule has 3 fully saturated rings. The van der Waals surface area contributed by atoms with Gasteiger partial charge < -0.3 is 19.7 Å². The fourth-order valence-corrected chi connectivity index (χ4v) is 6.00. The third kappa shape index (κ3) is 4.37. The van der Waals surface area contributed by atoms with Gasteiger partial charge in [-0.1, -0.05) is 11.6 Å². The molecule has 1 heterocycles. The quantitative estimate of drug-likeness (QED) is 0.599. The van der Waals surface area contributed by atoms with Crippen molar-refractivity contribution in [3.8, 4) is 11.8 Å². The van der Waals surface area contributed by atoms with Crippen LogP contribution in [0.3, 0.4) is 0 Å². The maximum absolute atomic E-state index is 13.1. The standard InChI is InChI=1S/C27H28ClN3O3/c28-24-15-23(6-3-21(24)16-29)34-27-11-9-26(18-27,10-12-27)30-25(33)20-1-4-22(5-2-20)31-13-7-19(17-32)8-14-31/h1-6,15,17,19H,7-14,18H2,(H,30,33). The van der Waals surface area contributed by atoms with Gasteiger partial charge in [0, 0.05) is 48.3 Å². The fourth-order valence-electron chi connectivity index (χ4n) is 5.79. The van der Waals surface area contributed by atoms with Crippen LogP contribution >= 0.6 is 11.6 Å². The zero-order valence-corrected chi connectivity index (χ0v) is 19.8. The lowest BCUT2D eigenvalue weighted by Crippen LogP contribution is -2.45. The molecule has 2 aromatic rings. The molecule has 2 bridgehead atoms. The van der Waals surface area contributed by atoms with Crippen LogP contribution in [0.4, 0.5) is 5.69 Å². The van der Waals surface area contributed by atoms with Crippen LogP contribution in [0.25, 0.3) is 0 Å². The number of rotatable bonds is 6. The second-order valence-corrected chi connectivity index (χ2v) is 10.4. The molecule has 1 saturated heterocycles.